The second-order valence-electron chi connectivity index (χ2n) is 2.94. The fourth-order valence-corrected chi connectivity index (χ4v) is 1.17. The molecule has 1 unspecified atom stereocenters. The molecule has 2 N–H and O–H groups in total. The lowest BCUT2D eigenvalue weighted by molar-refractivity contribution is -1.02. The second kappa shape index (κ2) is 4.13. The molecule has 0 saturated carbocycles. The van der Waals surface area contributed by atoms with E-state index in [-0.39, 0.29) is 12.3 Å². The van der Waals surface area contributed by atoms with Gasteiger partial charge in [-0.2, -0.15) is 0 Å². The minimum atomic E-state index is -0.579. The first-order valence-corrected chi connectivity index (χ1v) is 4.36. The van der Waals surface area contributed by atoms with Crippen LogP contribution in [0.4, 0.5) is 0 Å². The van der Waals surface area contributed by atoms with Gasteiger partial charge >= 0.3 is 11.8 Å². The highest BCUT2D eigenvalue weighted by molar-refractivity contribution is 5.95. The number of hydrogen-bond acceptors (Lipinski definition) is 6. The van der Waals surface area contributed by atoms with Crippen molar-refractivity contribution in [1.82, 2.24) is 0 Å². The summed E-state index contributed by atoms with van der Waals surface area (Å²) in [7, 11) is 0. The fraction of sp³-hybridized carbons (Fsp3) is 0.571. The van der Waals surface area contributed by atoms with Crippen molar-refractivity contribution in [1.29, 1.82) is 0 Å². The molecule has 1 heterocycles. The van der Waals surface area contributed by atoms with Crippen LogP contribution >= 0.6 is 0 Å². The lowest BCUT2D eigenvalue weighted by Gasteiger charge is -2.20. The fourth-order valence-electron chi connectivity index (χ4n) is 1.17. The number of nitrogens with zero attached hydrogens (tertiary/aromatic N) is 4. The molecule has 1 rings (SSSR count). The molecule has 8 nitrogen and oxygen atoms in total. The zero-order valence-corrected chi connectivity index (χ0v) is 8.51. The normalized spacial score (nSPS) is 23.7. The molecule has 0 saturated heterocycles. The number of quaternary nitrogens is 1. The average Bonchev–Trinajstić information content (AvgIpc) is 2.47. The van der Waals surface area contributed by atoms with Crippen molar-refractivity contribution in [2.24, 2.45) is 21.3 Å². The Labute approximate surface area is 85.9 Å². The van der Waals surface area contributed by atoms with E-state index in [2.05, 4.69) is 15.5 Å². The van der Waals surface area contributed by atoms with Gasteiger partial charge in [-0.05, 0) is 6.92 Å². The standard InChI is InChI=1S/C7H11N5O3/c1-3-12(15-5(2)13)7(4-6(8)14)9-10-11-12/h3-4H2,1-2H3,(H-,8,14)/p+1. The van der Waals surface area contributed by atoms with Gasteiger partial charge in [0.05, 0.1) is 4.76 Å². The number of primary amides is 1. The first kappa shape index (κ1) is 11.2. The molecular weight excluding hydrogens is 202 g/mol. The highest BCUT2D eigenvalue weighted by atomic mass is 16.8. The maximum atomic E-state index is 10.9. The molecule has 1 amide bonds. The molecule has 15 heavy (non-hydrogen) atoms. The summed E-state index contributed by atoms with van der Waals surface area (Å²) in [5.74, 6) is -0.903. The van der Waals surface area contributed by atoms with E-state index in [1.807, 2.05) is 0 Å². The summed E-state index contributed by atoms with van der Waals surface area (Å²) in [6, 6.07) is 0. The molecule has 0 aliphatic carbocycles. The van der Waals surface area contributed by atoms with Crippen molar-refractivity contribution in [2.45, 2.75) is 20.3 Å². The van der Waals surface area contributed by atoms with Gasteiger partial charge in [0.25, 0.3) is 0 Å². The Balaban J connectivity index is 2.88. The second-order valence-corrected chi connectivity index (χ2v) is 2.94. The van der Waals surface area contributed by atoms with E-state index in [4.69, 9.17) is 10.6 Å². The van der Waals surface area contributed by atoms with Crippen LogP contribution in [0.25, 0.3) is 0 Å². The quantitative estimate of drug-likeness (QED) is 0.658. The van der Waals surface area contributed by atoms with Gasteiger partial charge in [0.2, 0.25) is 5.91 Å². The summed E-state index contributed by atoms with van der Waals surface area (Å²) in [4.78, 5) is 26.6. The van der Waals surface area contributed by atoms with E-state index in [0.717, 1.165) is 0 Å². The molecule has 0 bridgehead atoms. The predicted octanol–water partition coefficient (Wildman–Crippen LogP) is -0.129. The summed E-state index contributed by atoms with van der Waals surface area (Å²) in [6.45, 7) is 3.27. The van der Waals surface area contributed by atoms with Crippen molar-refractivity contribution in [3.05, 3.63) is 0 Å². The van der Waals surface area contributed by atoms with Gasteiger partial charge in [0.1, 0.15) is 11.6 Å². The molecule has 0 fully saturated rings. The first-order valence-electron chi connectivity index (χ1n) is 4.36. The highest BCUT2D eigenvalue weighted by Gasteiger charge is 2.44. The van der Waals surface area contributed by atoms with Gasteiger partial charge in [-0.1, -0.05) is 5.10 Å². The number of rotatable bonds is 4. The van der Waals surface area contributed by atoms with Crippen molar-refractivity contribution in [2.75, 3.05) is 6.54 Å². The van der Waals surface area contributed by atoms with Gasteiger partial charge in [-0.3, -0.25) is 4.79 Å². The summed E-state index contributed by atoms with van der Waals surface area (Å²) in [6.07, 6.45) is -0.145. The van der Waals surface area contributed by atoms with E-state index in [9.17, 15) is 9.59 Å². The van der Waals surface area contributed by atoms with Gasteiger partial charge in [-0.15, -0.1) is 0 Å². The molecule has 1 aliphatic rings. The monoisotopic (exact) mass is 214 g/mol. The smallest absolute Gasteiger partial charge is 0.368 e. The third-order valence-corrected chi connectivity index (χ3v) is 1.79. The number of amidine groups is 1. The van der Waals surface area contributed by atoms with E-state index in [0.29, 0.717) is 6.54 Å². The zero-order chi connectivity index (χ0) is 11.5. The molecule has 1 atom stereocenters. The van der Waals surface area contributed by atoms with E-state index in [1.54, 1.807) is 6.92 Å². The van der Waals surface area contributed by atoms with Crippen LogP contribution in [0.2, 0.25) is 0 Å². The predicted molar refractivity (Wildman–Crippen MR) is 48.7 cm³/mol. The maximum absolute atomic E-state index is 10.9. The van der Waals surface area contributed by atoms with Crippen LogP contribution in [0.3, 0.4) is 0 Å². The largest absolute Gasteiger partial charge is 0.369 e. The van der Waals surface area contributed by atoms with Crippen LogP contribution in [0.5, 0.6) is 0 Å². The van der Waals surface area contributed by atoms with Crippen LogP contribution in [-0.2, 0) is 14.4 Å². The van der Waals surface area contributed by atoms with Crippen molar-refractivity contribution >= 4 is 17.7 Å². The number of hydrogen-bond donors (Lipinski definition) is 1. The van der Waals surface area contributed by atoms with Crippen LogP contribution in [0.15, 0.2) is 15.5 Å². The van der Waals surface area contributed by atoms with Gasteiger partial charge in [0.15, 0.2) is 6.54 Å². The molecule has 1 aliphatic heterocycles. The molecule has 8 heteroatoms. The molecule has 0 aromatic rings. The zero-order valence-electron chi connectivity index (χ0n) is 8.51. The van der Waals surface area contributed by atoms with Crippen LogP contribution in [0.1, 0.15) is 20.3 Å². The SMILES string of the molecule is CC[N+]1(OC(C)=O)N=NN=C1CC(N)=O. The Bertz CT molecular complexity index is 351. The number of carbonyl (C=O) groups excluding carboxylic acids is 2. The number of carbonyl (C=O) groups is 2. The van der Waals surface area contributed by atoms with E-state index < -0.39 is 16.6 Å². The third-order valence-electron chi connectivity index (χ3n) is 1.79. The van der Waals surface area contributed by atoms with E-state index >= 15 is 0 Å². The molecule has 0 spiro atoms. The minimum absolute atomic E-state index is 0.145. The first-order chi connectivity index (χ1) is 7.00. The highest BCUT2D eigenvalue weighted by Crippen LogP contribution is 2.20. The number of hydroxylamine groups is 2. The topological polar surface area (TPSA) is 106 Å². The van der Waals surface area contributed by atoms with Gasteiger partial charge in [-0.25, -0.2) is 9.63 Å². The van der Waals surface area contributed by atoms with Crippen molar-refractivity contribution in [3.63, 3.8) is 0 Å². The van der Waals surface area contributed by atoms with Crippen LogP contribution in [0, 0.1) is 0 Å². The van der Waals surface area contributed by atoms with Crippen LogP contribution < -0.4 is 5.73 Å². The van der Waals surface area contributed by atoms with Gasteiger partial charge < -0.3 is 5.73 Å². The van der Waals surface area contributed by atoms with Crippen LogP contribution in [-0.4, -0.2) is 29.0 Å². The number of amides is 1. The lowest BCUT2D eigenvalue weighted by Crippen LogP contribution is -2.48. The average molecular weight is 214 g/mol. The minimum Gasteiger partial charge on any atom is -0.369 e. The third kappa shape index (κ3) is 2.34. The Morgan fingerprint density at radius 1 is 1.53 bits per heavy atom. The molecular formula is C7H12N5O3+. The summed E-state index contributed by atoms with van der Waals surface area (Å²) in [5.41, 5.74) is 5.03. The molecule has 82 valence electrons. The molecule has 0 radical (unpaired) electrons. The summed E-state index contributed by atoms with van der Waals surface area (Å²) in [5, 5.41) is 10.7. The molecule has 0 aromatic heterocycles. The summed E-state index contributed by atoms with van der Waals surface area (Å²) >= 11 is 0. The Hall–Kier alpha value is -1.83. The van der Waals surface area contributed by atoms with E-state index in [1.165, 1.54) is 6.92 Å². The van der Waals surface area contributed by atoms with Crippen molar-refractivity contribution in [3.8, 4) is 0 Å². The van der Waals surface area contributed by atoms with Gasteiger partial charge in [0, 0.05) is 12.1 Å². The maximum Gasteiger partial charge on any atom is 0.368 e. The number of nitrogens with two attached hydrogens (primary N) is 1. The lowest BCUT2D eigenvalue weighted by atomic mass is 10.3. The van der Waals surface area contributed by atoms with Crippen molar-refractivity contribution < 1.29 is 19.2 Å². The Morgan fingerprint density at radius 2 is 2.20 bits per heavy atom. The summed E-state index contributed by atoms with van der Waals surface area (Å²) < 4.78 is -0.529. The molecule has 0 aromatic carbocycles. The Kier molecular flexibility index (Phi) is 3.10. The Morgan fingerprint density at radius 3 is 2.67 bits per heavy atom.